The zero-order valence-electron chi connectivity index (χ0n) is 21.8. The van der Waals surface area contributed by atoms with Gasteiger partial charge in [0.1, 0.15) is 17.4 Å². The van der Waals surface area contributed by atoms with E-state index in [9.17, 15) is 9.59 Å². The number of Topliss-reactive ketones (excluding diaryl/α,β-unsaturated/α-hetero) is 1. The molecular weight excluding hydrogens is 537 g/mol. The molecule has 0 radical (unpaired) electrons. The number of para-hydroxylation sites is 1. The smallest absolute Gasteiger partial charge is 0.234 e. The number of fused-ring (bicyclic) bond motifs is 1. The fourth-order valence-electron chi connectivity index (χ4n) is 3.92. The maximum absolute atomic E-state index is 12.5. The molecule has 0 unspecified atom stereocenters. The van der Waals surface area contributed by atoms with Crippen molar-refractivity contribution in [2.75, 3.05) is 27.7 Å². The van der Waals surface area contributed by atoms with E-state index in [1.807, 2.05) is 56.3 Å². The summed E-state index contributed by atoms with van der Waals surface area (Å²) in [6.07, 6.45) is 6.39. The number of halogens is 3. The zero-order valence-corrected chi connectivity index (χ0v) is 24.2. The van der Waals surface area contributed by atoms with E-state index >= 15 is 0 Å². The lowest BCUT2D eigenvalue weighted by molar-refractivity contribution is -0.122. The van der Waals surface area contributed by atoms with Crippen molar-refractivity contribution in [2.45, 2.75) is 51.5 Å². The van der Waals surface area contributed by atoms with Gasteiger partial charge in [-0.3, -0.25) is 9.59 Å². The predicted octanol–water partition coefficient (Wildman–Crippen LogP) is 5.55. The third kappa shape index (κ3) is 10.1. The lowest BCUT2D eigenvalue weighted by Crippen LogP contribution is -2.36. The number of rotatable bonds is 13. The highest BCUT2D eigenvalue weighted by Gasteiger charge is 2.19. The highest BCUT2D eigenvalue weighted by Crippen LogP contribution is 2.30. The highest BCUT2D eigenvalue weighted by atomic mass is 35.5. The average molecular weight is 575 g/mol. The van der Waals surface area contributed by atoms with Gasteiger partial charge in [-0.05, 0) is 39.1 Å². The molecule has 1 amide bonds. The van der Waals surface area contributed by atoms with Gasteiger partial charge >= 0.3 is 0 Å². The molecule has 3 rings (SSSR count). The second-order valence-corrected chi connectivity index (χ2v) is 8.76. The molecule has 11 heteroatoms. The normalized spacial score (nSPS) is 11.2. The Labute approximate surface area is 237 Å². The van der Waals surface area contributed by atoms with E-state index in [2.05, 4.69) is 15.3 Å². The van der Waals surface area contributed by atoms with Crippen LogP contribution in [0.4, 0.5) is 0 Å². The molecule has 0 aliphatic heterocycles. The molecule has 8 nitrogen and oxygen atoms in total. The number of imidazole rings is 1. The molecule has 2 N–H and O–H groups in total. The van der Waals surface area contributed by atoms with Gasteiger partial charge < -0.3 is 19.9 Å². The Hall–Kier alpha value is -2.39. The van der Waals surface area contributed by atoms with Crippen molar-refractivity contribution in [3.8, 4) is 17.1 Å². The largest absolute Gasteiger partial charge is 0.496 e. The Kier molecular flexibility index (Phi) is 16.1. The van der Waals surface area contributed by atoms with Gasteiger partial charge in [0.05, 0.1) is 42.8 Å². The van der Waals surface area contributed by atoms with Gasteiger partial charge in [-0.15, -0.1) is 37.2 Å². The van der Waals surface area contributed by atoms with E-state index in [-0.39, 0.29) is 49.2 Å². The maximum Gasteiger partial charge on any atom is 0.234 e. The van der Waals surface area contributed by atoms with Crippen LogP contribution in [-0.2, 0) is 9.59 Å². The van der Waals surface area contributed by atoms with Crippen LogP contribution in [-0.4, -0.2) is 59.3 Å². The molecule has 2 aromatic heterocycles. The van der Waals surface area contributed by atoms with Crippen molar-refractivity contribution in [3.05, 3.63) is 42.4 Å². The maximum atomic E-state index is 12.5. The fraction of sp³-hybridized carbons (Fsp3) is 0.462. The molecule has 0 saturated carbocycles. The number of benzene rings is 1. The molecule has 0 spiro atoms. The van der Waals surface area contributed by atoms with Crippen molar-refractivity contribution in [1.82, 2.24) is 25.2 Å². The van der Waals surface area contributed by atoms with Crippen LogP contribution < -0.4 is 10.1 Å². The van der Waals surface area contributed by atoms with Crippen LogP contribution in [0.25, 0.3) is 22.3 Å². The molecule has 0 fully saturated rings. The molecule has 3 aromatic rings. The first-order valence-electron chi connectivity index (χ1n) is 11.9. The summed E-state index contributed by atoms with van der Waals surface area (Å²) in [4.78, 5) is 38.6. The minimum Gasteiger partial charge on any atom is -0.496 e. The van der Waals surface area contributed by atoms with Crippen molar-refractivity contribution < 1.29 is 14.3 Å². The van der Waals surface area contributed by atoms with Crippen molar-refractivity contribution in [3.63, 3.8) is 0 Å². The topological polar surface area (TPSA) is 100 Å². The lowest BCUT2D eigenvalue weighted by Gasteiger charge is -2.18. The minimum absolute atomic E-state index is 0. The van der Waals surface area contributed by atoms with Crippen molar-refractivity contribution >= 4 is 59.8 Å². The average Bonchev–Trinajstić information content (AvgIpc) is 3.32. The third-order valence-corrected chi connectivity index (χ3v) is 5.74. The van der Waals surface area contributed by atoms with Crippen LogP contribution in [0.15, 0.2) is 36.5 Å². The summed E-state index contributed by atoms with van der Waals surface area (Å²) in [6, 6.07) is 9.48. The molecular formula is C26H38Cl3N5O3. The van der Waals surface area contributed by atoms with E-state index in [1.165, 1.54) is 0 Å². The van der Waals surface area contributed by atoms with Gasteiger partial charge in [-0.25, -0.2) is 9.97 Å². The summed E-state index contributed by atoms with van der Waals surface area (Å²) in [5.74, 6) is 1.68. The van der Waals surface area contributed by atoms with Gasteiger partial charge in [-0.2, -0.15) is 0 Å². The summed E-state index contributed by atoms with van der Waals surface area (Å²) in [5.41, 5.74) is 2.33. The Balaban J connectivity index is 0.00000432. The van der Waals surface area contributed by atoms with Crippen LogP contribution in [0.2, 0.25) is 0 Å². The number of hydrogen-bond acceptors (Lipinski definition) is 6. The number of ether oxygens (including phenoxy) is 1. The van der Waals surface area contributed by atoms with Crippen LogP contribution >= 0.6 is 37.2 Å². The number of carbonyl (C=O) groups is 2. The number of carbonyl (C=O) groups excluding carboxylic acids is 2. The van der Waals surface area contributed by atoms with Crippen LogP contribution in [0.5, 0.6) is 5.75 Å². The van der Waals surface area contributed by atoms with Gasteiger partial charge in [0.15, 0.2) is 0 Å². The monoisotopic (exact) mass is 573 g/mol. The summed E-state index contributed by atoms with van der Waals surface area (Å²) in [6.45, 7) is 2.20. The van der Waals surface area contributed by atoms with Crippen LogP contribution in [0.1, 0.15) is 57.3 Å². The Morgan fingerprint density at radius 3 is 2.51 bits per heavy atom. The first-order valence-corrected chi connectivity index (χ1v) is 11.9. The molecule has 1 atom stereocenters. The van der Waals surface area contributed by atoms with E-state index in [4.69, 9.17) is 9.72 Å². The first kappa shape index (κ1) is 34.6. The van der Waals surface area contributed by atoms with E-state index in [0.29, 0.717) is 31.0 Å². The Morgan fingerprint density at radius 1 is 1.11 bits per heavy atom. The second-order valence-electron chi connectivity index (χ2n) is 8.76. The summed E-state index contributed by atoms with van der Waals surface area (Å²) in [5, 5.41) is 4.05. The number of nitrogens with zero attached hydrogens (tertiary/aromatic N) is 3. The SMILES string of the molecule is CCC(=O)CCCCC[C@H](NC(=O)CN(C)C)c1ncc(-c2cc(OC)c3ccccc3n2)[nH]1.Cl.Cl.Cl. The quantitative estimate of drug-likeness (QED) is 0.260. The molecule has 1 aromatic carbocycles. The molecule has 2 heterocycles. The standard InChI is InChI=1S/C26H35N5O3.3ClH/c1-5-18(32)11-7-6-8-14-21(29-25(33)17-31(2)3)26-27-16-23(30-26)22-15-24(34-4)19-12-9-10-13-20(19)28-22;;;/h9-10,12-13,15-16,21H,5-8,11,14,17H2,1-4H3,(H,27,30)(H,29,33);3*1H/t21-;;;/m0.../s1. The number of aromatic amines is 1. The number of methoxy groups -OCH3 is 1. The first-order chi connectivity index (χ1) is 16.4. The Bertz CT molecular complexity index is 1120. The minimum atomic E-state index is -0.245. The highest BCUT2D eigenvalue weighted by molar-refractivity contribution is 5.87. The van der Waals surface area contributed by atoms with E-state index in [0.717, 1.165) is 53.7 Å². The molecule has 0 aliphatic carbocycles. The van der Waals surface area contributed by atoms with Gasteiger partial charge in [-0.1, -0.05) is 31.9 Å². The number of hydrogen-bond donors (Lipinski definition) is 2. The number of unbranched alkanes of at least 4 members (excludes halogenated alkanes) is 2. The number of amides is 1. The van der Waals surface area contributed by atoms with Crippen LogP contribution in [0.3, 0.4) is 0 Å². The number of H-pyrrole nitrogens is 1. The summed E-state index contributed by atoms with van der Waals surface area (Å²) in [7, 11) is 5.38. The molecule has 0 aliphatic rings. The summed E-state index contributed by atoms with van der Waals surface area (Å²) < 4.78 is 5.57. The van der Waals surface area contributed by atoms with Crippen LogP contribution in [0, 0.1) is 0 Å². The number of aromatic nitrogens is 3. The number of pyridine rings is 1. The van der Waals surface area contributed by atoms with Gasteiger partial charge in [0.25, 0.3) is 0 Å². The summed E-state index contributed by atoms with van der Waals surface area (Å²) >= 11 is 0. The predicted molar refractivity (Wildman–Crippen MR) is 155 cm³/mol. The van der Waals surface area contributed by atoms with E-state index < -0.39 is 0 Å². The molecule has 0 saturated heterocycles. The fourth-order valence-corrected chi connectivity index (χ4v) is 3.92. The van der Waals surface area contributed by atoms with Gasteiger partial charge in [0, 0.05) is 24.3 Å². The second kappa shape index (κ2) is 17.2. The number of likely N-dealkylation sites (N-methyl/N-ethyl adjacent to an activating group) is 1. The van der Waals surface area contributed by atoms with Crippen molar-refractivity contribution in [2.24, 2.45) is 0 Å². The zero-order chi connectivity index (χ0) is 24.5. The number of nitrogens with one attached hydrogen (secondary N) is 2. The molecule has 37 heavy (non-hydrogen) atoms. The Morgan fingerprint density at radius 2 is 1.84 bits per heavy atom. The molecule has 0 bridgehead atoms. The lowest BCUT2D eigenvalue weighted by atomic mass is 10.0. The van der Waals surface area contributed by atoms with E-state index in [1.54, 1.807) is 13.3 Å². The third-order valence-electron chi connectivity index (χ3n) is 5.74. The number of ketones is 1. The van der Waals surface area contributed by atoms with Gasteiger partial charge in [0.2, 0.25) is 5.91 Å². The van der Waals surface area contributed by atoms with Crippen molar-refractivity contribution in [1.29, 1.82) is 0 Å². The molecule has 206 valence electrons.